The van der Waals surface area contributed by atoms with Crippen molar-refractivity contribution in [1.29, 1.82) is 0 Å². The number of benzene rings is 2. The number of anilines is 1. The van der Waals surface area contributed by atoms with Crippen molar-refractivity contribution in [2.45, 2.75) is 26.3 Å². The zero-order valence-corrected chi connectivity index (χ0v) is 15.9. The lowest BCUT2D eigenvalue weighted by atomic mass is 10.0. The van der Waals surface area contributed by atoms with Crippen LogP contribution in [0.1, 0.15) is 31.2 Å². The third-order valence-corrected chi connectivity index (χ3v) is 4.68. The number of rotatable bonds is 5. The summed E-state index contributed by atoms with van der Waals surface area (Å²) in [4.78, 5) is 4.45. The van der Waals surface area contributed by atoms with Crippen molar-refractivity contribution >= 4 is 17.3 Å². The van der Waals surface area contributed by atoms with Gasteiger partial charge in [0, 0.05) is 17.7 Å². The number of halogens is 1. The summed E-state index contributed by atoms with van der Waals surface area (Å²) >= 11 is 6.30. The molecule has 2 aromatic carbocycles. The molecule has 2 heterocycles. The van der Waals surface area contributed by atoms with Crippen molar-refractivity contribution in [3.63, 3.8) is 0 Å². The Balaban J connectivity index is 1.45. The van der Waals surface area contributed by atoms with E-state index in [4.69, 9.17) is 25.6 Å². The fourth-order valence-electron chi connectivity index (χ4n) is 2.83. The van der Waals surface area contributed by atoms with Gasteiger partial charge >= 0.3 is 0 Å². The second kappa shape index (κ2) is 7.48. The minimum atomic E-state index is 0.358. The molecule has 0 saturated carbocycles. The first-order valence-corrected chi connectivity index (χ1v) is 9.24. The van der Waals surface area contributed by atoms with Crippen LogP contribution in [-0.2, 0) is 6.54 Å². The molecule has 0 fully saturated rings. The Bertz CT molecular complexity index is 938. The lowest BCUT2D eigenvalue weighted by Gasteiger charge is -2.20. The smallest absolute Gasteiger partial charge is 0.246 e. The van der Waals surface area contributed by atoms with Crippen molar-refractivity contribution in [2.75, 3.05) is 18.5 Å². The number of nitrogens with zero attached hydrogens (tertiary/aromatic N) is 2. The van der Waals surface area contributed by atoms with Gasteiger partial charge in [0.2, 0.25) is 11.7 Å². The lowest BCUT2D eigenvalue weighted by Crippen LogP contribution is -2.15. The van der Waals surface area contributed by atoms with Gasteiger partial charge in [-0.2, -0.15) is 4.98 Å². The Morgan fingerprint density at radius 3 is 2.48 bits per heavy atom. The predicted molar refractivity (Wildman–Crippen MR) is 104 cm³/mol. The summed E-state index contributed by atoms with van der Waals surface area (Å²) in [6.07, 6.45) is 0. The largest absolute Gasteiger partial charge is 0.486 e. The van der Waals surface area contributed by atoms with Crippen LogP contribution in [0.2, 0.25) is 5.02 Å². The molecule has 140 valence electrons. The maximum atomic E-state index is 6.30. The van der Waals surface area contributed by atoms with Crippen molar-refractivity contribution in [2.24, 2.45) is 0 Å². The van der Waals surface area contributed by atoms with E-state index in [-0.39, 0.29) is 0 Å². The second-order valence-corrected chi connectivity index (χ2v) is 7.02. The number of aromatic nitrogens is 2. The Morgan fingerprint density at radius 2 is 1.78 bits per heavy atom. The minimum absolute atomic E-state index is 0.358. The fraction of sp³-hybridized carbons (Fsp3) is 0.300. The predicted octanol–water partition coefficient (Wildman–Crippen LogP) is 4.90. The van der Waals surface area contributed by atoms with Crippen LogP contribution in [-0.4, -0.2) is 23.4 Å². The van der Waals surface area contributed by atoms with Gasteiger partial charge in [-0.05, 0) is 11.5 Å². The van der Waals surface area contributed by atoms with E-state index in [1.165, 1.54) is 5.56 Å². The highest BCUT2D eigenvalue weighted by Crippen LogP contribution is 2.38. The third-order valence-electron chi connectivity index (χ3n) is 4.37. The fourth-order valence-corrected chi connectivity index (χ4v) is 3.05. The quantitative estimate of drug-likeness (QED) is 0.673. The molecule has 0 aliphatic carbocycles. The van der Waals surface area contributed by atoms with Crippen LogP contribution in [0.15, 0.2) is 40.9 Å². The molecule has 1 aliphatic heterocycles. The van der Waals surface area contributed by atoms with Crippen LogP contribution in [0.5, 0.6) is 11.5 Å². The van der Waals surface area contributed by atoms with Crippen LogP contribution >= 0.6 is 11.6 Å². The van der Waals surface area contributed by atoms with Gasteiger partial charge in [0.25, 0.3) is 0 Å². The molecule has 0 saturated heterocycles. The lowest BCUT2D eigenvalue weighted by molar-refractivity contribution is 0.171. The van der Waals surface area contributed by atoms with E-state index in [9.17, 15) is 0 Å². The van der Waals surface area contributed by atoms with E-state index in [1.807, 2.05) is 18.2 Å². The highest BCUT2D eigenvalue weighted by atomic mass is 35.5. The zero-order valence-electron chi connectivity index (χ0n) is 15.2. The Labute approximate surface area is 162 Å². The van der Waals surface area contributed by atoms with E-state index < -0.39 is 0 Å². The van der Waals surface area contributed by atoms with Crippen LogP contribution < -0.4 is 14.8 Å². The number of fused-ring (bicyclic) bond motifs is 1. The molecule has 1 N–H and O–H groups in total. The number of nitrogens with one attached hydrogen (secondary N) is 1. The number of ether oxygens (including phenoxy) is 2. The summed E-state index contributed by atoms with van der Waals surface area (Å²) in [5, 5.41) is 7.81. The molecule has 0 spiro atoms. The van der Waals surface area contributed by atoms with Crippen molar-refractivity contribution in [3.8, 4) is 22.9 Å². The molecule has 1 aromatic heterocycles. The zero-order chi connectivity index (χ0) is 18.8. The molecule has 0 radical (unpaired) electrons. The first kappa shape index (κ1) is 17.7. The molecule has 1 aliphatic rings. The summed E-state index contributed by atoms with van der Waals surface area (Å²) in [5.41, 5.74) is 2.92. The number of hydrogen-bond donors (Lipinski definition) is 1. The highest BCUT2D eigenvalue weighted by Gasteiger charge is 2.16. The van der Waals surface area contributed by atoms with Gasteiger partial charge in [0.1, 0.15) is 13.2 Å². The maximum Gasteiger partial charge on any atom is 0.246 e. The van der Waals surface area contributed by atoms with Gasteiger partial charge in [0.15, 0.2) is 11.5 Å². The van der Waals surface area contributed by atoms with Gasteiger partial charge in [-0.25, -0.2) is 0 Å². The summed E-state index contributed by atoms with van der Waals surface area (Å²) in [6.45, 7) is 5.73. The van der Waals surface area contributed by atoms with E-state index in [0.717, 1.165) is 11.3 Å². The van der Waals surface area contributed by atoms with E-state index in [0.29, 0.717) is 53.9 Å². The van der Waals surface area contributed by atoms with Crippen LogP contribution in [0, 0.1) is 0 Å². The van der Waals surface area contributed by atoms with Gasteiger partial charge in [-0.15, -0.1) is 0 Å². The second-order valence-electron chi connectivity index (χ2n) is 6.62. The average molecular weight is 386 g/mol. The molecule has 0 atom stereocenters. The molecule has 0 amide bonds. The van der Waals surface area contributed by atoms with E-state index in [2.05, 4.69) is 41.4 Å². The monoisotopic (exact) mass is 385 g/mol. The molecular weight excluding hydrogens is 366 g/mol. The first-order chi connectivity index (χ1) is 13.1. The average Bonchev–Trinajstić information content (AvgIpc) is 3.15. The third kappa shape index (κ3) is 3.85. The summed E-state index contributed by atoms with van der Waals surface area (Å²) < 4.78 is 16.5. The molecule has 27 heavy (non-hydrogen) atoms. The van der Waals surface area contributed by atoms with Gasteiger partial charge in [-0.3, -0.25) is 0 Å². The normalized spacial score (nSPS) is 13.0. The van der Waals surface area contributed by atoms with Crippen molar-refractivity contribution in [1.82, 2.24) is 10.1 Å². The molecule has 0 bridgehead atoms. The van der Waals surface area contributed by atoms with Crippen molar-refractivity contribution in [3.05, 3.63) is 52.9 Å². The number of hydrogen-bond acceptors (Lipinski definition) is 6. The molecule has 3 aromatic rings. The Hall–Kier alpha value is -2.73. The van der Waals surface area contributed by atoms with E-state index >= 15 is 0 Å². The summed E-state index contributed by atoms with van der Waals surface area (Å²) in [6, 6.07) is 11.8. The maximum absolute atomic E-state index is 6.30. The summed E-state index contributed by atoms with van der Waals surface area (Å²) in [7, 11) is 0. The molecular formula is C20H20ClN3O3. The minimum Gasteiger partial charge on any atom is -0.486 e. The van der Waals surface area contributed by atoms with Crippen LogP contribution in [0.4, 0.5) is 5.69 Å². The molecule has 7 heteroatoms. The highest BCUT2D eigenvalue weighted by molar-refractivity contribution is 6.33. The van der Waals surface area contributed by atoms with Crippen LogP contribution in [0.25, 0.3) is 11.4 Å². The van der Waals surface area contributed by atoms with Crippen molar-refractivity contribution < 1.29 is 14.0 Å². The molecule has 4 rings (SSSR count). The Kier molecular flexibility index (Phi) is 4.90. The standard InChI is InChI=1S/C20H20ClN3O3/c1-12(2)13-3-5-14(6-4-13)20-23-19(27-24-20)11-22-16-10-18-17(9-15(16)21)25-7-8-26-18/h3-6,9-10,12,22H,7-8,11H2,1-2H3. The van der Waals surface area contributed by atoms with Gasteiger partial charge < -0.3 is 19.3 Å². The summed E-state index contributed by atoms with van der Waals surface area (Å²) in [5.74, 6) is 2.85. The first-order valence-electron chi connectivity index (χ1n) is 8.86. The van der Waals surface area contributed by atoms with Gasteiger partial charge in [-0.1, -0.05) is 54.9 Å². The van der Waals surface area contributed by atoms with Crippen LogP contribution in [0.3, 0.4) is 0 Å². The topological polar surface area (TPSA) is 69.4 Å². The van der Waals surface area contributed by atoms with E-state index in [1.54, 1.807) is 6.07 Å². The SMILES string of the molecule is CC(C)c1ccc(-c2noc(CNc3cc4c(cc3Cl)OCCO4)n2)cc1. The van der Waals surface area contributed by atoms with Gasteiger partial charge in [0.05, 0.1) is 17.3 Å². The Morgan fingerprint density at radius 1 is 1.07 bits per heavy atom. The molecule has 6 nitrogen and oxygen atoms in total. The molecule has 0 unspecified atom stereocenters.